The van der Waals surface area contributed by atoms with Crippen LogP contribution in [0.1, 0.15) is 30.5 Å². The SMILES string of the molecule is NC(N)=NCCC[C@H](NC(=O)[C@@H]1Cc2c([nH]c3ccccc23)CN1)C(=O)NCC(=O)N[C@@H](CC(=O)O)C(=O)N[C@@H](CO)C(=O)O. The number of carboxylic acid groups (broad SMARTS) is 2. The van der Waals surface area contributed by atoms with E-state index in [-0.39, 0.29) is 18.9 Å². The van der Waals surface area contributed by atoms with Gasteiger partial charge in [-0.25, -0.2) is 4.79 Å². The molecule has 2 aromatic rings. The summed E-state index contributed by atoms with van der Waals surface area (Å²) in [7, 11) is 0. The van der Waals surface area contributed by atoms with Gasteiger partial charge in [0.15, 0.2) is 5.96 Å². The number of carboxylic acids is 2. The highest BCUT2D eigenvalue weighted by molar-refractivity contribution is 5.95. The number of rotatable bonds is 16. The predicted octanol–water partition coefficient (Wildman–Crippen LogP) is -3.64. The van der Waals surface area contributed by atoms with E-state index in [9.17, 15) is 28.8 Å². The molecule has 4 atom stereocenters. The summed E-state index contributed by atoms with van der Waals surface area (Å²) in [5.41, 5.74) is 13.6. The van der Waals surface area contributed by atoms with E-state index < -0.39 is 79.3 Å². The molecule has 1 aromatic carbocycles. The Morgan fingerprint density at radius 1 is 0.978 bits per heavy atom. The largest absolute Gasteiger partial charge is 0.481 e. The lowest BCUT2D eigenvalue weighted by molar-refractivity contribution is -0.144. The molecule has 3 rings (SSSR count). The molecule has 4 amide bonds. The number of carbonyl (C=O) groups excluding carboxylic acids is 4. The minimum atomic E-state index is -1.73. The molecule has 18 heteroatoms. The third-order valence-electron chi connectivity index (χ3n) is 6.98. The van der Waals surface area contributed by atoms with Crippen molar-refractivity contribution in [1.29, 1.82) is 0 Å². The van der Waals surface area contributed by atoms with Crippen molar-refractivity contribution < 1.29 is 44.1 Å². The van der Waals surface area contributed by atoms with Crippen molar-refractivity contribution in [2.24, 2.45) is 16.5 Å². The number of nitrogens with two attached hydrogens (primary N) is 2. The molecule has 0 saturated heterocycles. The highest BCUT2D eigenvalue weighted by Gasteiger charge is 2.31. The number of fused-ring (bicyclic) bond motifs is 3. The van der Waals surface area contributed by atoms with Crippen LogP contribution in [-0.4, -0.2) is 106 Å². The van der Waals surface area contributed by atoms with E-state index in [1.165, 1.54) is 0 Å². The highest BCUT2D eigenvalue weighted by Crippen LogP contribution is 2.26. The number of para-hydroxylation sites is 1. The van der Waals surface area contributed by atoms with Crippen molar-refractivity contribution in [3.63, 3.8) is 0 Å². The molecule has 0 bridgehead atoms. The summed E-state index contributed by atoms with van der Waals surface area (Å²) in [5, 5.41) is 40.5. The van der Waals surface area contributed by atoms with Gasteiger partial charge in [0.25, 0.3) is 0 Å². The molecular weight excluding hydrogens is 594 g/mol. The van der Waals surface area contributed by atoms with Crippen LogP contribution in [0.3, 0.4) is 0 Å². The fourth-order valence-corrected chi connectivity index (χ4v) is 4.75. The summed E-state index contributed by atoms with van der Waals surface area (Å²) >= 11 is 0. The molecule has 18 nitrogen and oxygen atoms in total. The van der Waals surface area contributed by atoms with Gasteiger partial charge < -0.3 is 53.0 Å². The Morgan fingerprint density at radius 3 is 2.38 bits per heavy atom. The molecule has 244 valence electrons. The van der Waals surface area contributed by atoms with Crippen LogP contribution >= 0.6 is 0 Å². The number of aromatic nitrogens is 1. The third-order valence-corrected chi connectivity index (χ3v) is 6.98. The Bertz CT molecular complexity index is 1450. The van der Waals surface area contributed by atoms with Crippen molar-refractivity contribution in [1.82, 2.24) is 31.6 Å². The zero-order chi connectivity index (χ0) is 33.1. The number of benzene rings is 1. The number of nitrogens with zero attached hydrogens (tertiary/aromatic N) is 1. The lowest BCUT2D eigenvalue weighted by atomic mass is 9.97. The van der Waals surface area contributed by atoms with Gasteiger partial charge in [0, 0.05) is 29.7 Å². The number of hydrogen-bond acceptors (Lipinski definition) is 9. The van der Waals surface area contributed by atoms with Gasteiger partial charge in [-0.15, -0.1) is 0 Å². The van der Waals surface area contributed by atoms with Gasteiger partial charge in [0.2, 0.25) is 23.6 Å². The molecule has 13 N–H and O–H groups in total. The number of aliphatic carboxylic acids is 2. The Balaban J connectivity index is 1.63. The van der Waals surface area contributed by atoms with Gasteiger partial charge in [0.1, 0.15) is 18.1 Å². The Labute approximate surface area is 256 Å². The van der Waals surface area contributed by atoms with Gasteiger partial charge in [0.05, 0.1) is 25.6 Å². The summed E-state index contributed by atoms with van der Waals surface area (Å²) in [6.07, 6.45) is -0.145. The molecule has 0 spiro atoms. The molecule has 1 aliphatic rings. The van der Waals surface area contributed by atoms with E-state index in [1.807, 2.05) is 29.6 Å². The van der Waals surface area contributed by atoms with Crippen LogP contribution in [0, 0.1) is 0 Å². The van der Waals surface area contributed by atoms with Crippen LogP contribution in [0.2, 0.25) is 0 Å². The molecule has 1 aromatic heterocycles. The van der Waals surface area contributed by atoms with Crippen LogP contribution in [0.5, 0.6) is 0 Å². The Hall–Kier alpha value is -5.23. The number of amides is 4. The number of guanidine groups is 1. The molecule has 0 aliphatic carbocycles. The van der Waals surface area contributed by atoms with E-state index in [0.717, 1.165) is 22.2 Å². The Kier molecular flexibility index (Phi) is 12.2. The van der Waals surface area contributed by atoms with E-state index >= 15 is 0 Å². The maximum atomic E-state index is 13.3. The fourth-order valence-electron chi connectivity index (χ4n) is 4.75. The van der Waals surface area contributed by atoms with Crippen LogP contribution in [0.4, 0.5) is 0 Å². The summed E-state index contributed by atoms with van der Waals surface area (Å²) in [4.78, 5) is 80.8. The number of aliphatic imine (C=N–C) groups is 1. The molecule has 0 saturated carbocycles. The Morgan fingerprint density at radius 2 is 1.71 bits per heavy atom. The lowest BCUT2D eigenvalue weighted by Gasteiger charge is -2.26. The fraction of sp³-hybridized carbons (Fsp3) is 0.444. The first kappa shape index (κ1) is 34.3. The standard InChI is InChI=1S/C27H37N9O9/c28-27(29)30-7-3-6-16(35-24(42)17-8-14-13-4-1-2-5-15(13)33-19(14)10-31-17)23(41)32-11-21(38)34-18(9-22(39)40)25(43)36-20(12-37)26(44)45/h1-2,4-5,16-18,20,31,33,37H,3,6-12H2,(H,32,41)(H,34,38)(H,35,42)(H,36,43)(H,39,40)(H,44,45)(H4,28,29,30)/t16-,17-,18-,20-/m0/s1. The zero-order valence-corrected chi connectivity index (χ0v) is 24.2. The summed E-state index contributed by atoms with van der Waals surface area (Å²) < 4.78 is 0. The summed E-state index contributed by atoms with van der Waals surface area (Å²) in [6, 6.07) is 2.50. The molecular formula is C27H37N9O9. The first-order valence-electron chi connectivity index (χ1n) is 14.0. The number of aliphatic hydroxyl groups excluding tert-OH is 1. The van der Waals surface area contributed by atoms with E-state index in [1.54, 1.807) is 0 Å². The number of aromatic amines is 1. The average molecular weight is 632 g/mol. The second-order valence-electron chi connectivity index (χ2n) is 10.3. The maximum absolute atomic E-state index is 13.3. The molecule has 0 fully saturated rings. The first-order valence-corrected chi connectivity index (χ1v) is 14.0. The average Bonchev–Trinajstić information content (AvgIpc) is 3.37. The van der Waals surface area contributed by atoms with Crippen molar-refractivity contribution in [3.8, 4) is 0 Å². The second kappa shape index (κ2) is 16.0. The van der Waals surface area contributed by atoms with Crippen molar-refractivity contribution >= 4 is 52.4 Å². The van der Waals surface area contributed by atoms with Gasteiger partial charge in [-0.2, -0.15) is 0 Å². The van der Waals surface area contributed by atoms with Gasteiger partial charge >= 0.3 is 11.9 Å². The van der Waals surface area contributed by atoms with Crippen LogP contribution in [0.25, 0.3) is 10.9 Å². The quantitative estimate of drug-likeness (QED) is 0.0486. The summed E-state index contributed by atoms with van der Waals surface area (Å²) in [5.74, 6) is -6.52. The minimum Gasteiger partial charge on any atom is -0.481 e. The highest BCUT2D eigenvalue weighted by atomic mass is 16.4. The monoisotopic (exact) mass is 631 g/mol. The minimum absolute atomic E-state index is 0.100. The maximum Gasteiger partial charge on any atom is 0.328 e. The third kappa shape index (κ3) is 9.90. The topological polar surface area (TPSA) is 303 Å². The molecule has 1 aliphatic heterocycles. The van der Waals surface area contributed by atoms with Gasteiger partial charge in [-0.05, 0) is 30.9 Å². The van der Waals surface area contributed by atoms with Gasteiger partial charge in [-0.3, -0.25) is 34.3 Å². The van der Waals surface area contributed by atoms with Crippen molar-refractivity contribution in [2.75, 3.05) is 19.7 Å². The predicted molar refractivity (Wildman–Crippen MR) is 158 cm³/mol. The van der Waals surface area contributed by atoms with E-state index in [4.69, 9.17) is 26.8 Å². The second-order valence-corrected chi connectivity index (χ2v) is 10.3. The molecule has 0 unspecified atom stereocenters. The number of aliphatic hydroxyl groups is 1. The van der Waals surface area contributed by atoms with Crippen LogP contribution in [0.15, 0.2) is 29.3 Å². The van der Waals surface area contributed by atoms with E-state index in [2.05, 4.69) is 31.2 Å². The number of carbonyl (C=O) groups is 6. The smallest absolute Gasteiger partial charge is 0.328 e. The first-order chi connectivity index (χ1) is 21.4. The molecule has 2 heterocycles. The summed E-state index contributed by atoms with van der Waals surface area (Å²) in [6.45, 7) is -1.11. The number of nitrogens with one attached hydrogen (secondary N) is 6. The molecule has 45 heavy (non-hydrogen) atoms. The lowest BCUT2D eigenvalue weighted by Crippen LogP contribution is -2.56. The van der Waals surface area contributed by atoms with Gasteiger partial charge in [-0.1, -0.05) is 18.2 Å². The van der Waals surface area contributed by atoms with E-state index in [0.29, 0.717) is 19.4 Å². The normalized spacial score (nSPS) is 15.9. The number of hydrogen-bond donors (Lipinski definition) is 11. The zero-order valence-electron chi connectivity index (χ0n) is 24.2. The molecule has 0 radical (unpaired) electrons. The van der Waals surface area contributed by atoms with Crippen molar-refractivity contribution in [2.45, 2.75) is 56.4 Å². The van der Waals surface area contributed by atoms with Crippen molar-refractivity contribution in [3.05, 3.63) is 35.5 Å². The van der Waals surface area contributed by atoms with Crippen LogP contribution < -0.4 is 38.1 Å². The van der Waals surface area contributed by atoms with Crippen LogP contribution in [-0.2, 0) is 41.7 Å². The number of H-pyrrole nitrogens is 1.